The second kappa shape index (κ2) is 11.0. The SMILES string of the molecule is Cl.Cl.NC(Cc1ccccc1)C(=O)Nc1ccc(N2CCCCC2)nc1. The van der Waals surface area contributed by atoms with E-state index in [1.807, 2.05) is 42.5 Å². The lowest BCUT2D eigenvalue weighted by atomic mass is 10.1. The Labute approximate surface area is 167 Å². The van der Waals surface area contributed by atoms with Gasteiger partial charge in [0.25, 0.3) is 0 Å². The molecule has 3 N–H and O–H groups in total. The molecule has 0 aliphatic carbocycles. The Balaban J connectivity index is 0.00000169. The first-order chi connectivity index (χ1) is 11.7. The van der Waals surface area contributed by atoms with Crippen molar-refractivity contribution in [2.75, 3.05) is 23.3 Å². The average molecular weight is 397 g/mol. The van der Waals surface area contributed by atoms with Crippen molar-refractivity contribution in [2.45, 2.75) is 31.7 Å². The third kappa shape index (κ3) is 6.16. The number of benzene rings is 1. The molecule has 1 unspecified atom stereocenters. The molecule has 1 aliphatic heterocycles. The van der Waals surface area contributed by atoms with Crippen LogP contribution in [0.2, 0.25) is 0 Å². The maximum atomic E-state index is 12.2. The molecule has 2 heterocycles. The number of anilines is 2. The second-order valence-electron chi connectivity index (χ2n) is 6.24. The predicted molar refractivity (Wildman–Crippen MR) is 112 cm³/mol. The fraction of sp³-hybridized carbons (Fsp3) is 0.368. The average Bonchev–Trinajstić information content (AvgIpc) is 2.64. The molecule has 0 bridgehead atoms. The highest BCUT2D eigenvalue weighted by Crippen LogP contribution is 2.19. The number of nitrogens with zero attached hydrogens (tertiary/aromatic N) is 2. The van der Waals surface area contributed by atoms with Crippen LogP contribution in [-0.2, 0) is 11.2 Å². The smallest absolute Gasteiger partial charge is 0.241 e. The zero-order chi connectivity index (χ0) is 16.8. The minimum absolute atomic E-state index is 0. The van der Waals surface area contributed by atoms with Crippen LogP contribution in [0.5, 0.6) is 0 Å². The first-order valence-electron chi connectivity index (χ1n) is 8.54. The lowest BCUT2D eigenvalue weighted by Crippen LogP contribution is -2.37. The normalized spacial score (nSPS) is 14.6. The number of halogens is 2. The molecule has 5 nitrogen and oxygen atoms in total. The van der Waals surface area contributed by atoms with Crippen molar-refractivity contribution < 1.29 is 4.79 Å². The molecule has 0 radical (unpaired) electrons. The summed E-state index contributed by atoms with van der Waals surface area (Å²) < 4.78 is 0. The summed E-state index contributed by atoms with van der Waals surface area (Å²) >= 11 is 0. The Bertz CT molecular complexity index is 661. The van der Waals surface area contributed by atoms with E-state index in [2.05, 4.69) is 15.2 Å². The quantitative estimate of drug-likeness (QED) is 0.811. The number of carbonyl (C=O) groups is 1. The maximum absolute atomic E-state index is 12.2. The number of rotatable bonds is 5. The van der Waals surface area contributed by atoms with Gasteiger partial charge in [0.05, 0.1) is 17.9 Å². The summed E-state index contributed by atoms with van der Waals surface area (Å²) in [5, 5.41) is 2.85. The minimum Gasteiger partial charge on any atom is -0.357 e. The van der Waals surface area contributed by atoms with Crippen molar-refractivity contribution in [2.24, 2.45) is 5.73 Å². The highest BCUT2D eigenvalue weighted by Gasteiger charge is 2.15. The third-order valence-corrected chi connectivity index (χ3v) is 4.33. The van der Waals surface area contributed by atoms with E-state index in [9.17, 15) is 4.79 Å². The summed E-state index contributed by atoms with van der Waals surface area (Å²) in [5.41, 5.74) is 7.74. The van der Waals surface area contributed by atoms with Crippen LogP contribution in [0.25, 0.3) is 0 Å². The highest BCUT2D eigenvalue weighted by atomic mass is 35.5. The largest absolute Gasteiger partial charge is 0.357 e. The molecule has 26 heavy (non-hydrogen) atoms. The van der Waals surface area contributed by atoms with Gasteiger partial charge in [0, 0.05) is 13.1 Å². The second-order valence-corrected chi connectivity index (χ2v) is 6.24. The zero-order valence-corrected chi connectivity index (χ0v) is 16.3. The molecule has 0 saturated carbocycles. The van der Waals surface area contributed by atoms with Crippen LogP contribution < -0.4 is 16.0 Å². The molecule has 7 heteroatoms. The Morgan fingerprint density at radius 1 is 1.08 bits per heavy atom. The number of amides is 1. The van der Waals surface area contributed by atoms with Crippen LogP contribution in [0.1, 0.15) is 24.8 Å². The van der Waals surface area contributed by atoms with Gasteiger partial charge in [-0.05, 0) is 43.4 Å². The van der Waals surface area contributed by atoms with E-state index in [0.717, 1.165) is 24.5 Å². The minimum atomic E-state index is -0.575. The molecule has 1 aliphatic rings. The molecule has 1 fully saturated rings. The summed E-state index contributed by atoms with van der Waals surface area (Å²) in [7, 11) is 0. The lowest BCUT2D eigenvalue weighted by Gasteiger charge is -2.27. The number of aromatic nitrogens is 1. The van der Waals surface area contributed by atoms with Gasteiger partial charge < -0.3 is 16.0 Å². The fourth-order valence-electron chi connectivity index (χ4n) is 2.97. The molecule has 1 aromatic heterocycles. The van der Waals surface area contributed by atoms with Gasteiger partial charge in [0.1, 0.15) is 5.82 Å². The molecular formula is C19H26Cl2N4O. The Morgan fingerprint density at radius 2 is 1.77 bits per heavy atom. The van der Waals surface area contributed by atoms with Gasteiger partial charge in [-0.2, -0.15) is 0 Å². The topological polar surface area (TPSA) is 71.2 Å². The molecule has 3 rings (SSSR count). The van der Waals surface area contributed by atoms with E-state index >= 15 is 0 Å². The maximum Gasteiger partial charge on any atom is 0.241 e. The molecule has 1 saturated heterocycles. The molecule has 0 spiro atoms. The molecule has 1 atom stereocenters. The van der Waals surface area contributed by atoms with E-state index in [-0.39, 0.29) is 30.7 Å². The van der Waals surface area contributed by atoms with Gasteiger partial charge in [-0.3, -0.25) is 4.79 Å². The number of nitrogens with two attached hydrogens (primary N) is 1. The molecule has 1 amide bonds. The number of pyridine rings is 1. The number of carbonyl (C=O) groups excluding carboxylic acids is 1. The predicted octanol–water partition coefficient (Wildman–Crippen LogP) is 3.42. The summed E-state index contributed by atoms with van der Waals surface area (Å²) in [5.74, 6) is 0.785. The van der Waals surface area contributed by atoms with Crippen LogP contribution in [0.4, 0.5) is 11.5 Å². The van der Waals surface area contributed by atoms with Gasteiger partial charge in [-0.1, -0.05) is 30.3 Å². The van der Waals surface area contributed by atoms with Gasteiger partial charge in [-0.25, -0.2) is 4.98 Å². The van der Waals surface area contributed by atoms with Crippen LogP contribution in [-0.4, -0.2) is 30.0 Å². The highest BCUT2D eigenvalue weighted by molar-refractivity contribution is 5.94. The van der Waals surface area contributed by atoms with Gasteiger partial charge in [-0.15, -0.1) is 24.8 Å². The number of hydrogen-bond donors (Lipinski definition) is 2. The Morgan fingerprint density at radius 3 is 2.38 bits per heavy atom. The van der Waals surface area contributed by atoms with Gasteiger partial charge in [0.15, 0.2) is 0 Å². The molecule has 1 aromatic carbocycles. The van der Waals surface area contributed by atoms with Gasteiger partial charge >= 0.3 is 0 Å². The third-order valence-electron chi connectivity index (χ3n) is 4.33. The first kappa shape index (κ1) is 22.2. The van der Waals surface area contributed by atoms with E-state index in [0.29, 0.717) is 12.1 Å². The van der Waals surface area contributed by atoms with Gasteiger partial charge in [0.2, 0.25) is 5.91 Å². The number of nitrogens with one attached hydrogen (secondary N) is 1. The van der Waals surface area contributed by atoms with Crippen molar-refractivity contribution in [3.63, 3.8) is 0 Å². The van der Waals surface area contributed by atoms with Crippen LogP contribution in [0.15, 0.2) is 48.7 Å². The monoisotopic (exact) mass is 396 g/mol. The summed E-state index contributed by atoms with van der Waals surface area (Å²) in [4.78, 5) is 19.0. The first-order valence-corrected chi connectivity index (χ1v) is 8.54. The zero-order valence-electron chi connectivity index (χ0n) is 14.6. The molecular weight excluding hydrogens is 371 g/mol. The van der Waals surface area contributed by atoms with Crippen molar-refractivity contribution in [1.29, 1.82) is 0 Å². The standard InChI is InChI=1S/C19H24N4O.2ClH/c20-17(13-15-7-3-1-4-8-15)19(24)22-16-9-10-18(21-14-16)23-11-5-2-6-12-23;;/h1,3-4,7-10,14,17H,2,5-6,11-13,20H2,(H,22,24);2*1H. The van der Waals surface area contributed by atoms with E-state index < -0.39 is 6.04 Å². The van der Waals surface area contributed by atoms with Crippen molar-refractivity contribution >= 4 is 42.2 Å². The van der Waals surface area contributed by atoms with Crippen LogP contribution in [0, 0.1) is 0 Å². The number of piperidine rings is 1. The summed E-state index contributed by atoms with van der Waals surface area (Å²) in [6.45, 7) is 2.11. The van der Waals surface area contributed by atoms with Crippen LogP contribution in [0.3, 0.4) is 0 Å². The van der Waals surface area contributed by atoms with Crippen molar-refractivity contribution in [3.8, 4) is 0 Å². The molecule has 142 valence electrons. The van der Waals surface area contributed by atoms with Crippen molar-refractivity contribution in [1.82, 2.24) is 4.98 Å². The van der Waals surface area contributed by atoms with E-state index in [4.69, 9.17) is 5.73 Å². The summed E-state index contributed by atoms with van der Waals surface area (Å²) in [6, 6.07) is 13.1. The Kier molecular flexibility index (Phi) is 9.41. The Hall–Kier alpha value is -1.82. The van der Waals surface area contributed by atoms with Crippen molar-refractivity contribution in [3.05, 3.63) is 54.2 Å². The van der Waals surface area contributed by atoms with E-state index in [1.54, 1.807) is 6.20 Å². The van der Waals surface area contributed by atoms with Crippen LogP contribution >= 0.6 is 24.8 Å². The molecule has 2 aromatic rings. The fourth-order valence-corrected chi connectivity index (χ4v) is 2.97. The lowest BCUT2D eigenvalue weighted by molar-refractivity contribution is -0.117. The number of hydrogen-bond acceptors (Lipinski definition) is 4. The van der Waals surface area contributed by atoms with E-state index in [1.165, 1.54) is 19.3 Å². The summed E-state index contributed by atoms with van der Waals surface area (Å²) in [6.07, 6.45) is 5.95.